The molecule has 0 aromatic carbocycles. The Bertz CT molecular complexity index is 493. The maximum Gasteiger partial charge on any atom is 0.262 e. The van der Waals surface area contributed by atoms with Crippen molar-refractivity contribution in [2.45, 2.75) is 24.4 Å². The summed E-state index contributed by atoms with van der Waals surface area (Å²) in [5.74, 6) is 0. The first-order chi connectivity index (χ1) is 7.64. The molecule has 0 aliphatic heterocycles. The third-order valence-electron chi connectivity index (χ3n) is 2.63. The minimum absolute atomic E-state index is 0.00990. The highest BCUT2D eigenvalue weighted by Gasteiger charge is 2.36. The Balaban J connectivity index is 3.31. The molecule has 0 atom stereocenters. The minimum atomic E-state index is -3.65. The van der Waals surface area contributed by atoms with Crippen LogP contribution in [0.5, 0.6) is 0 Å². The SMILES string of the molecule is CN(C(C)(C)CBr)S(=O)(=O)c1c(Cl)cnn1C. The van der Waals surface area contributed by atoms with Gasteiger partial charge in [0.1, 0.15) is 0 Å². The van der Waals surface area contributed by atoms with Crippen molar-refractivity contribution in [1.82, 2.24) is 14.1 Å². The zero-order valence-corrected chi connectivity index (χ0v) is 13.3. The van der Waals surface area contributed by atoms with E-state index >= 15 is 0 Å². The number of hydrogen-bond donors (Lipinski definition) is 0. The molecule has 1 rings (SSSR count). The van der Waals surface area contributed by atoms with Gasteiger partial charge in [0.15, 0.2) is 5.03 Å². The molecule has 0 spiro atoms. The minimum Gasteiger partial charge on any atom is -0.255 e. The summed E-state index contributed by atoms with van der Waals surface area (Å²) in [5.41, 5.74) is -0.549. The molecule has 0 saturated heterocycles. The third kappa shape index (κ3) is 2.67. The molecule has 0 aliphatic carbocycles. The molecule has 17 heavy (non-hydrogen) atoms. The van der Waals surface area contributed by atoms with Crippen molar-refractivity contribution in [1.29, 1.82) is 0 Å². The maximum atomic E-state index is 12.4. The Morgan fingerprint density at radius 2 is 2.12 bits per heavy atom. The van der Waals surface area contributed by atoms with Crippen LogP contribution in [0.2, 0.25) is 5.02 Å². The quantitative estimate of drug-likeness (QED) is 0.784. The normalized spacial score (nSPS) is 13.4. The fourth-order valence-corrected chi connectivity index (χ4v) is 3.88. The second-order valence-corrected chi connectivity index (χ2v) is 7.19. The van der Waals surface area contributed by atoms with Crippen LogP contribution in [0, 0.1) is 0 Å². The van der Waals surface area contributed by atoms with Crippen molar-refractivity contribution in [2.24, 2.45) is 7.05 Å². The van der Waals surface area contributed by atoms with Gasteiger partial charge < -0.3 is 0 Å². The van der Waals surface area contributed by atoms with Crippen molar-refractivity contribution in [3.8, 4) is 0 Å². The second-order valence-electron chi connectivity index (χ2n) is 4.34. The van der Waals surface area contributed by atoms with E-state index in [-0.39, 0.29) is 10.0 Å². The Labute approximate surface area is 115 Å². The van der Waals surface area contributed by atoms with E-state index in [1.807, 2.05) is 13.8 Å². The maximum absolute atomic E-state index is 12.4. The van der Waals surface area contributed by atoms with Gasteiger partial charge in [-0.1, -0.05) is 27.5 Å². The number of nitrogens with zero attached hydrogens (tertiary/aromatic N) is 3. The van der Waals surface area contributed by atoms with E-state index in [0.29, 0.717) is 5.33 Å². The van der Waals surface area contributed by atoms with E-state index in [4.69, 9.17) is 11.6 Å². The first-order valence-corrected chi connectivity index (χ1v) is 7.81. The summed E-state index contributed by atoms with van der Waals surface area (Å²) in [7, 11) is -0.578. The lowest BCUT2D eigenvalue weighted by Gasteiger charge is -2.32. The number of alkyl halides is 1. The van der Waals surface area contributed by atoms with E-state index in [0.717, 1.165) is 0 Å². The van der Waals surface area contributed by atoms with Crippen LogP contribution in [-0.2, 0) is 17.1 Å². The van der Waals surface area contributed by atoms with Gasteiger partial charge in [0.05, 0.1) is 11.2 Å². The molecule has 0 unspecified atom stereocenters. The molecule has 0 fully saturated rings. The van der Waals surface area contributed by atoms with E-state index in [1.54, 1.807) is 7.05 Å². The molecule has 1 aromatic heterocycles. The van der Waals surface area contributed by atoms with Crippen LogP contribution in [0.25, 0.3) is 0 Å². The number of rotatable bonds is 4. The van der Waals surface area contributed by atoms with E-state index in [1.165, 1.54) is 22.2 Å². The van der Waals surface area contributed by atoms with Gasteiger partial charge >= 0.3 is 0 Å². The number of halogens is 2. The highest BCUT2D eigenvalue weighted by Crippen LogP contribution is 2.28. The molecule has 0 saturated carbocycles. The Hall–Kier alpha value is -0.110. The van der Waals surface area contributed by atoms with Gasteiger partial charge in [-0.05, 0) is 13.8 Å². The molecule has 0 aliphatic rings. The van der Waals surface area contributed by atoms with E-state index in [2.05, 4.69) is 21.0 Å². The average molecular weight is 345 g/mol. The molecule has 1 heterocycles. The Kier molecular flexibility index (Phi) is 4.28. The van der Waals surface area contributed by atoms with Crippen molar-refractivity contribution < 1.29 is 8.42 Å². The lowest BCUT2D eigenvalue weighted by Crippen LogP contribution is -2.46. The van der Waals surface area contributed by atoms with E-state index < -0.39 is 15.6 Å². The predicted octanol–water partition coefficient (Wildman–Crippen LogP) is 1.87. The number of aromatic nitrogens is 2. The van der Waals surface area contributed by atoms with Crippen molar-refractivity contribution in [2.75, 3.05) is 12.4 Å². The zero-order chi connectivity index (χ0) is 13.4. The van der Waals surface area contributed by atoms with Crippen LogP contribution in [0.1, 0.15) is 13.8 Å². The largest absolute Gasteiger partial charge is 0.262 e. The molecule has 8 heteroatoms. The molecular formula is C9H15BrClN3O2S. The van der Waals surface area contributed by atoms with Gasteiger partial charge in [0.2, 0.25) is 0 Å². The third-order valence-corrected chi connectivity index (χ3v) is 6.58. The summed E-state index contributed by atoms with van der Waals surface area (Å²) in [6, 6.07) is 0. The first kappa shape index (κ1) is 14.9. The van der Waals surface area contributed by atoms with Gasteiger partial charge in [-0.25, -0.2) is 8.42 Å². The van der Waals surface area contributed by atoms with Crippen LogP contribution >= 0.6 is 27.5 Å². The number of aryl methyl sites for hydroxylation is 1. The topological polar surface area (TPSA) is 55.2 Å². The van der Waals surface area contributed by atoms with Gasteiger partial charge in [0.25, 0.3) is 10.0 Å². The smallest absolute Gasteiger partial charge is 0.255 e. The Morgan fingerprint density at radius 1 is 1.59 bits per heavy atom. The van der Waals surface area contributed by atoms with Gasteiger partial charge in [-0.15, -0.1) is 0 Å². The fourth-order valence-electron chi connectivity index (χ4n) is 1.23. The molecule has 0 bridgehead atoms. The zero-order valence-electron chi connectivity index (χ0n) is 10.1. The fraction of sp³-hybridized carbons (Fsp3) is 0.667. The van der Waals surface area contributed by atoms with Gasteiger partial charge in [-0.2, -0.15) is 9.40 Å². The monoisotopic (exact) mass is 343 g/mol. The van der Waals surface area contributed by atoms with Crippen molar-refractivity contribution in [3.63, 3.8) is 0 Å². The number of sulfonamides is 1. The average Bonchev–Trinajstić information content (AvgIpc) is 2.57. The molecule has 0 amide bonds. The molecule has 5 nitrogen and oxygen atoms in total. The highest BCUT2D eigenvalue weighted by atomic mass is 79.9. The lowest BCUT2D eigenvalue weighted by molar-refractivity contribution is 0.297. The van der Waals surface area contributed by atoms with Crippen molar-refractivity contribution >= 4 is 37.6 Å². The number of hydrogen-bond acceptors (Lipinski definition) is 3. The van der Waals surface area contributed by atoms with Crippen LogP contribution in [0.3, 0.4) is 0 Å². The van der Waals surface area contributed by atoms with Gasteiger partial charge in [0, 0.05) is 25.0 Å². The van der Waals surface area contributed by atoms with E-state index in [9.17, 15) is 8.42 Å². The summed E-state index contributed by atoms with van der Waals surface area (Å²) in [5, 5.41) is 4.50. The van der Waals surface area contributed by atoms with Crippen LogP contribution in [0.4, 0.5) is 0 Å². The highest BCUT2D eigenvalue weighted by molar-refractivity contribution is 9.09. The second kappa shape index (κ2) is 4.87. The molecule has 98 valence electrons. The summed E-state index contributed by atoms with van der Waals surface area (Å²) in [4.78, 5) is 0. The van der Waals surface area contributed by atoms with Crippen LogP contribution < -0.4 is 0 Å². The van der Waals surface area contributed by atoms with Crippen LogP contribution in [-0.4, -0.2) is 40.4 Å². The molecular weight excluding hydrogens is 330 g/mol. The summed E-state index contributed by atoms with van der Waals surface area (Å²) in [6.45, 7) is 3.65. The first-order valence-electron chi connectivity index (χ1n) is 4.87. The lowest BCUT2D eigenvalue weighted by atomic mass is 10.1. The standard InChI is InChI=1S/C9H15BrClN3O2S/c1-9(2,6-10)14(4)17(15,16)8-7(11)5-12-13(8)3/h5H,6H2,1-4H3. The Morgan fingerprint density at radius 3 is 2.47 bits per heavy atom. The van der Waals surface area contributed by atoms with Crippen molar-refractivity contribution in [3.05, 3.63) is 11.2 Å². The predicted molar refractivity (Wildman–Crippen MR) is 71.0 cm³/mol. The summed E-state index contributed by atoms with van der Waals surface area (Å²) in [6.07, 6.45) is 1.32. The summed E-state index contributed by atoms with van der Waals surface area (Å²) < 4.78 is 27.4. The molecule has 0 radical (unpaired) electrons. The summed E-state index contributed by atoms with van der Waals surface area (Å²) >= 11 is 9.17. The molecule has 1 aromatic rings. The molecule has 0 N–H and O–H groups in total. The van der Waals surface area contributed by atoms with Crippen LogP contribution in [0.15, 0.2) is 11.2 Å². The van der Waals surface area contributed by atoms with Gasteiger partial charge in [-0.3, -0.25) is 4.68 Å².